The molecule has 0 bridgehead atoms. The van der Waals surface area contributed by atoms with E-state index in [9.17, 15) is 4.79 Å². The summed E-state index contributed by atoms with van der Waals surface area (Å²) in [5.74, 6) is 2.14. The Balaban J connectivity index is 1.35. The van der Waals surface area contributed by atoms with Crippen LogP contribution in [0, 0.1) is 6.92 Å². The molecule has 2 N–H and O–H groups in total. The summed E-state index contributed by atoms with van der Waals surface area (Å²) in [6, 6.07) is 19.3. The number of benzene rings is 2. The van der Waals surface area contributed by atoms with Crippen molar-refractivity contribution >= 4 is 34.0 Å². The number of aryl methyl sites for hydroxylation is 1. The number of para-hydroxylation sites is 3. The minimum absolute atomic E-state index is 0.133. The van der Waals surface area contributed by atoms with Gasteiger partial charge < -0.3 is 14.7 Å². The van der Waals surface area contributed by atoms with E-state index < -0.39 is 0 Å². The van der Waals surface area contributed by atoms with Crippen molar-refractivity contribution in [1.29, 1.82) is 0 Å². The van der Waals surface area contributed by atoms with E-state index in [0.29, 0.717) is 11.4 Å². The van der Waals surface area contributed by atoms with Gasteiger partial charge in [0.05, 0.1) is 28.8 Å². The summed E-state index contributed by atoms with van der Waals surface area (Å²) in [4.78, 5) is 25.2. The van der Waals surface area contributed by atoms with Crippen LogP contribution in [0.5, 0.6) is 0 Å². The number of imidazole rings is 1. The van der Waals surface area contributed by atoms with Gasteiger partial charge in [-0.15, -0.1) is 11.3 Å². The molecule has 3 heterocycles. The highest BCUT2D eigenvalue weighted by Crippen LogP contribution is 2.28. The first kappa shape index (κ1) is 18.3. The third-order valence-electron chi connectivity index (χ3n) is 4.69. The number of anilines is 1. The number of nitrogens with zero attached hydrogens (tertiary/aromatic N) is 2. The van der Waals surface area contributed by atoms with Gasteiger partial charge >= 0.3 is 0 Å². The van der Waals surface area contributed by atoms with Gasteiger partial charge in [-0.2, -0.15) is 0 Å². The molecule has 0 aliphatic heterocycles. The van der Waals surface area contributed by atoms with E-state index in [1.165, 1.54) is 11.3 Å². The molecule has 0 aliphatic rings. The molecule has 30 heavy (non-hydrogen) atoms. The Labute approximate surface area is 176 Å². The number of H-pyrrole nitrogens is 1. The predicted molar refractivity (Wildman–Crippen MR) is 118 cm³/mol. The molecule has 5 aromatic rings. The second-order valence-electron chi connectivity index (χ2n) is 6.93. The summed E-state index contributed by atoms with van der Waals surface area (Å²) in [6.45, 7) is 1.89. The average Bonchev–Trinajstić information content (AvgIpc) is 3.47. The highest BCUT2D eigenvalue weighted by molar-refractivity contribution is 7.13. The van der Waals surface area contributed by atoms with Crippen LogP contribution in [-0.4, -0.2) is 20.9 Å². The molecule has 0 saturated heterocycles. The van der Waals surface area contributed by atoms with E-state index in [1.807, 2.05) is 73.0 Å². The smallest absolute Gasteiger partial charge is 0.230 e. The molecular formula is C23H18N4O2S. The van der Waals surface area contributed by atoms with Crippen molar-refractivity contribution in [2.24, 2.45) is 0 Å². The molecule has 0 aliphatic carbocycles. The predicted octanol–water partition coefficient (Wildman–Crippen LogP) is 5.44. The van der Waals surface area contributed by atoms with Crippen molar-refractivity contribution in [3.63, 3.8) is 0 Å². The van der Waals surface area contributed by atoms with Crippen LogP contribution in [0.25, 0.3) is 33.2 Å². The summed E-state index contributed by atoms with van der Waals surface area (Å²) < 4.78 is 5.61. The van der Waals surface area contributed by atoms with Crippen LogP contribution in [0.2, 0.25) is 0 Å². The van der Waals surface area contributed by atoms with Crippen LogP contribution in [-0.2, 0) is 11.2 Å². The van der Waals surface area contributed by atoms with Crippen LogP contribution in [0.1, 0.15) is 11.5 Å². The fraction of sp³-hybridized carbons (Fsp3) is 0.0870. The van der Waals surface area contributed by atoms with E-state index in [2.05, 4.69) is 20.3 Å². The molecule has 5 rings (SSSR count). The lowest BCUT2D eigenvalue weighted by atomic mass is 10.1. The van der Waals surface area contributed by atoms with Gasteiger partial charge in [-0.3, -0.25) is 4.79 Å². The van der Waals surface area contributed by atoms with Crippen molar-refractivity contribution in [1.82, 2.24) is 15.0 Å². The first-order valence-corrected chi connectivity index (χ1v) is 10.4. The van der Waals surface area contributed by atoms with Crippen molar-refractivity contribution in [3.05, 3.63) is 77.5 Å². The molecule has 0 atom stereocenters. The van der Waals surface area contributed by atoms with E-state index >= 15 is 0 Å². The molecule has 0 spiro atoms. The molecular weight excluding hydrogens is 396 g/mol. The standard InChI is InChI=1S/C23H18N4O2S/c1-14-10-11-20(29-14)23-24-15(13-30-23)12-21(28)25-17-7-3-2-6-16(17)22-26-18-8-4-5-9-19(18)27-22/h2-11,13H,12H2,1H3,(H,25,28)(H,26,27). The SMILES string of the molecule is Cc1ccc(-c2nc(CC(=O)Nc3ccccc3-c3nc4ccccc4[nH]3)cs2)o1. The van der Waals surface area contributed by atoms with E-state index in [-0.39, 0.29) is 12.3 Å². The van der Waals surface area contributed by atoms with Gasteiger partial charge in [-0.05, 0) is 43.3 Å². The number of aromatic nitrogens is 3. The molecule has 3 aromatic heterocycles. The highest BCUT2D eigenvalue weighted by Gasteiger charge is 2.14. The molecule has 7 heteroatoms. The van der Waals surface area contributed by atoms with Crippen molar-refractivity contribution in [2.75, 3.05) is 5.32 Å². The Morgan fingerprint density at radius 3 is 2.73 bits per heavy atom. The van der Waals surface area contributed by atoms with Gasteiger partial charge in [0.25, 0.3) is 0 Å². The Morgan fingerprint density at radius 1 is 1.07 bits per heavy atom. The first-order chi connectivity index (χ1) is 14.7. The number of rotatable bonds is 5. The molecule has 6 nitrogen and oxygen atoms in total. The fourth-order valence-electron chi connectivity index (χ4n) is 3.29. The monoisotopic (exact) mass is 414 g/mol. The van der Waals surface area contributed by atoms with Gasteiger partial charge in [0.1, 0.15) is 11.6 Å². The van der Waals surface area contributed by atoms with Crippen LogP contribution >= 0.6 is 11.3 Å². The maximum Gasteiger partial charge on any atom is 0.230 e. The Morgan fingerprint density at radius 2 is 1.90 bits per heavy atom. The summed E-state index contributed by atoms with van der Waals surface area (Å²) in [5, 5.41) is 5.66. The zero-order valence-electron chi connectivity index (χ0n) is 16.2. The van der Waals surface area contributed by atoms with Crippen LogP contribution < -0.4 is 5.32 Å². The normalized spacial score (nSPS) is 11.1. The van der Waals surface area contributed by atoms with Gasteiger partial charge in [-0.25, -0.2) is 9.97 Å². The summed E-state index contributed by atoms with van der Waals surface area (Å²) in [5.41, 5.74) is 4.10. The highest BCUT2D eigenvalue weighted by atomic mass is 32.1. The van der Waals surface area contributed by atoms with E-state index in [1.54, 1.807) is 0 Å². The van der Waals surface area contributed by atoms with Crippen LogP contribution in [0.3, 0.4) is 0 Å². The zero-order valence-corrected chi connectivity index (χ0v) is 17.0. The Kier molecular flexibility index (Phi) is 4.65. The maximum absolute atomic E-state index is 12.7. The minimum Gasteiger partial charge on any atom is -0.459 e. The molecule has 0 unspecified atom stereocenters. The molecule has 148 valence electrons. The fourth-order valence-corrected chi connectivity index (χ4v) is 4.07. The van der Waals surface area contributed by atoms with Crippen LogP contribution in [0.15, 0.2) is 70.5 Å². The lowest BCUT2D eigenvalue weighted by Crippen LogP contribution is -2.15. The lowest BCUT2D eigenvalue weighted by Gasteiger charge is -2.08. The summed E-state index contributed by atoms with van der Waals surface area (Å²) in [7, 11) is 0. The van der Waals surface area contributed by atoms with Crippen molar-refractivity contribution < 1.29 is 9.21 Å². The number of fused-ring (bicyclic) bond motifs is 1. The lowest BCUT2D eigenvalue weighted by molar-refractivity contribution is -0.115. The summed E-state index contributed by atoms with van der Waals surface area (Å²) in [6.07, 6.45) is 0.185. The molecule has 0 saturated carbocycles. The molecule has 0 fully saturated rings. The van der Waals surface area contributed by atoms with E-state index in [0.717, 1.165) is 38.9 Å². The van der Waals surface area contributed by atoms with Gasteiger partial charge in [0.15, 0.2) is 10.8 Å². The second-order valence-corrected chi connectivity index (χ2v) is 7.79. The van der Waals surface area contributed by atoms with Crippen LogP contribution in [0.4, 0.5) is 5.69 Å². The number of hydrogen-bond acceptors (Lipinski definition) is 5. The molecule has 2 aromatic carbocycles. The number of aromatic amines is 1. The molecule has 1 amide bonds. The first-order valence-electron chi connectivity index (χ1n) is 9.51. The Bertz CT molecular complexity index is 1320. The minimum atomic E-state index is -0.133. The average molecular weight is 414 g/mol. The maximum atomic E-state index is 12.7. The number of hydrogen-bond donors (Lipinski definition) is 2. The largest absolute Gasteiger partial charge is 0.459 e. The second kappa shape index (κ2) is 7.61. The third-order valence-corrected chi connectivity index (χ3v) is 5.60. The Hall–Kier alpha value is -3.71. The topological polar surface area (TPSA) is 83.8 Å². The number of carbonyl (C=O) groups is 1. The number of thiazole rings is 1. The van der Waals surface area contributed by atoms with Gasteiger partial charge in [-0.1, -0.05) is 24.3 Å². The third kappa shape index (κ3) is 3.62. The number of amides is 1. The quantitative estimate of drug-likeness (QED) is 0.401. The number of carbonyl (C=O) groups excluding carboxylic acids is 1. The van der Waals surface area contributed by atoms with E-state index in [4.69, 9.17) is 4.42 Å². The summed E-state index contributed by atoms with van der Waals surface area (Å²) >= 11 is 1.47. The van der Waals surface area contributed by atoms with Crippen molar-refractivity contribution in [3.8, 4) is 22.2 Å². The van der Waals surface area contributed by atoms with Gasteiger partial charge in [0.2, 0.25) is 5.91 Å². The number of furan rings is 1. The zero-order chi connectivity index (χ0) is 20.5. The molecule has 0 radical (unpaired) electrons. The van der Waals surface area contributed by atoms with Crippen molar-refractivity contribution in [2.45, 2.75) is 13.3 Å². The number of nitrogens with one attached hydrogen (secondary N) is 2. The van der Waals surface area contributed by atoms with Gasteiger partial charge in [0, 0.05) is 10.9 Å².